The maximum Gasteiger partial charge on any atom is 0.229 e. The highest BCUT2D eigenvalue weighted by atomic mass is 32.2. The lowest BCUT2D eigenvalue weighted by molar-refractivity contribution is 0.104. The van der Waals surface area contributed by atoms with Crippen LogP contribution in [-0.4, -0.2) is 27.6 Å². The normalized spacial score (nSPS) is 11.2. The number of ketones is 1. The molecule has 2 aromatic carbocycles. The van der Waals surface area contributed by atoms with Gasteiger partial charge in [0, 0.05) is 16.1 Å². The van der Waals surface area contributed by atoms with Crippen LogP contribution < -0.4 is 9.46 Å². The molecule has 0 amide bonds. The van der Waals surface area contributed by atoms with Crippen molar-refractivity contribution in [3.05, 3.63) is 71.1 Å². The van der Waals surface area contributed by atoms with Gasteiger partial charge >= 0.3 is 0 Å². The second-order valence-corrected chi connectivity index (χ2v) is 8.51. The number of benzene rings is 2. The van der Waals surface area contributed by atoms with Crippen molar-refractivity contribution >= 4 is 32.8 Å². The van der Waals surface area contributed by atoms with E-state index in [9.17, 15) is 13.2 Å². The molecule has 0 atom stereocenters. The predicted octanol–water partition coefficient (Wildman–Crippen LogP) is 4.03. The van der Waals surface area contributed by atoms with Crippen LogP contribution in [0.2, 0.25) is 0 Å². The number of rotatable bonds is 6. The van der Waals surface area contributed by atoms with Gasteiger partial charge < -0.3 is 4.74 Å². The number of anilines is 1. The molecular formula is C19H17NO4S2. The summed E-state index contributed by atoms with van der Waals surface area (Å²) in [5, 5.41) is 0. The van der Waals surface area contributed by atoms with Crippen molar-refractivity contribution in [2.24, 2.45) is 0 Å². The van der Waals surface area contributed by atoms with Crippen LogP contribution in [0.1, 0.15) is 15.2 Å². The molecule has 0 radical (unpaired) electrons. The molecule has 3 aromatic rings. The average molecular weight is 387 g/mol. The molecule has 0 saturated carbocycles. The highest BCUT2D eigenvalue weighted by molar-refractivity contribution is 7.92. The SMILES string of the molecule is COc1cccc(C(=O)c2ccc(-c3cccc(NS(C)(=O)=O)c3)s2)c1. The van der Waals surface area contributed by atoms with Crippen molar-refractivity contribution in [1.29, 1.82) is 0 Å². The van der Waals surface area contributed by atoms with Gasteiger partial charge in [0.05, 0.1) is 18.2 Å². The highest BCUT2D eigenvalue weighted by Gasteiger charge is 2.14. The van der Waals surface area contributed by atoms with Gasteiger partial charge in [-0.2, -0.15) is 0 Å². The van der Waals surface area contributed by atoms with E-state index in [0.717, 1.165) is 16.7 Å². The minimum absolute atomic E-state index is 0.0782. The lowest BCUT2D eigenvalue weighted by Gasteiger charge is -2.05. The van der Waals surface area contributed by atoms with E-state index in [1.807, 2.05) is 12.1 Å². The smallest absolute Gasteiger partial charge is 0.229 e. The van der Waals surface area contributed by atoms with E-state index in [2.05, 4.69) is 4.72 Å². The van der Waals surface area contributed by atoms with Crippen molar-refractivity contribution in [2.45, 2.75) is 0 Å². The molecule has 0 spiro atoms. The topological polar surface area (TPSA) is 72.5 Å². The number of sulfonamides is 1. The van der Waals surface area contributed by atoms with E-state index in [4.69, 9.17) is 4.74 Å². The molecule has 0 aliphatic rings. The Hall–Kier alpha value is -2.64. The summed E-state index contributed by atoms with van der Waals surface area (Å²) in [5.74, 6) is 0.553. The summed E-state index contributed by atoms with van der Waals surface area (Å²) in [6, 6.07) is 17.7. The zero-order chi connectivity index (χ0) is 18.7. The quantitative estimate of drug-likeness (QED) is 0.648. The molecule has 5 nitrogen and oxygen atoms in total. The summed E-state index contributed by atoms with van der Waals surface area (Å²) in [5.41, 5.74) is 1.89. The predicted molar refractivity (Wildman–Crippen MR) is 105 cm³/mol. The number of hydrogen-bond acceptors (Lipinski definition) is 5. The fourth-order valence-corrected chi connectivity index (χ4v) is 3.99. The number of methoxy groups -OCH3 is 1. The molecule has 1 aromatic heterocycles. The number of nitrogens with one attached hydrogen (secondary N) is 1. The zero-order valence-electron chi connectivity index (χ0n) is 14.2. The first-order valence-electron chi connectivity index (χ1n) is 7.72. The molecule has 0 bridgehead atoms. The molecule has 3 rings (SSSR count). The average Bonchev–Trinajstić information content (AvgIpc) is 3.10. The zero-order valence-corrected chi connectivity index (χ0v) is 15.9. The van der Waals surface area contributed by atoms with Gasteiger partial charge in [0.15, 0.2) is 0 Å². The number of ether oxygens (including phenoxy) is 1. The molecular weight excluding hydrogens is 370 g/mol. The van der Waals surface area contributed by atoms with E-state index < -0.39 is 10.0 Å². The van der Waals surface area contributed by atoms with Gasteiger partial charge in [-0.15, -0.1) is 11.3 Å². The Labute approximate surface area is 156 Å². The third kappa shape index (κ3) is 4.30. The van der Waals surface area contributed by atoms with E-state index in [-0.39, 0.29) is 5.78 Å². The van der Waals surface area contributed by atoms with Gasteiger partial charge in [-0.25, -0.2) is 8.42 Å². The first-order chi connectivity index (χ1) is 12.4. The standard InChI is InChI=1S/C19H17NO4S2/c1-24-16-8-4-6-14(12-16)19(21)18-10-9-17(25-18)13-5-3-7-15(11-13)20-26(2,22)23/h3-12,20H,1-2H3. The summed E-state index contributed by atoms with van der Waals surface area (Å²) in [6.07, 6.45) is 1.11. The van der Waals surface area contributed by atoms with E-state index in [1.54, 1.807) is 55.6 Å². The van der Waals surface area contributed by atoms with Crippen molar-refractivity contribution in [3.63, 3.8) is 0 Å². The van der Waals surface area contributed by atoms with Gasteiger partial charge in [-0.05, 0) is 42.0 Å². The monoisotopic (exact) mass is 387 g/mol. The fraction of sp³-hybridized carbons (Fsp3) is 0.105. The van der Waals surface area contributed by atoms with Crippen LogP contribution in [0.3, 0.4) is 0 Å². The largest absolute Gasteiger partial charge is 0.497 e. The van der Waals surface area contributed by atoms with Crippen LogP contribution in [0.4, 0.5) is 5.69 Å². The lowest BCUT2D eigenvalue weighted by Crippen LogP contribution is -2.09. The van der Waals surface area contributed by atoms with Gasteiger partial charge in [0.1, 0.15) is 5.75 Å². The fourth-order valence-electron chi connectivity index (χ4n) is 2.47. The van der Waals surface area contributed by atoms with Crippen molar-refractivity contribution in [3.8, 4) is 16.2 Å². The second-order valence-electron chi connectivity index (χ2n) is 5.68. The number of carbonyl (C=O) groups excluding carboxylic acids is 1. The molecule has 7 heteroatoms. The van der Waals surface area contributed by atoms with Crippen molar-refractivity contribution in [2.75, 3.05) is 18.1 Å². The summed E-state index contributed by atoms with van der Waals surface area (Å²) in [6.45, 7) is 0. The maximum absolute atomic E-state index is 12.7. The molecule has 1 N–H and O–H groups in total. The summed E-state index contributed by atoms with van der Waals surface area (Å²) >= 11 is 1.36. The van der Waals surface area contributed by atoms with Crippen LogP contribution in [0.25, 0.3) is 10.4 Å². The Bertz CT molecular complexity index is 1050. The second kappa shape index (κ2) is 7.31. The summed E-state index contributed by atoms with van der Waals surface area (Å²) < 4.78 is 30.4. The molecule has 0 aliphatic carbocycles. The third-order valence-corrected chi connectivity index (χ3v) is 5.35. The Balaban J connectivity index is 1.88. The number of hydrogen-bond donors (Lipinski definition) is 1. The molecule has 0 fully saturated rings. The van der Waals surface area contributed by atoms with Crippen LogP contribution in [0.5, 0.6) is 5.75 Å². The Morgan fingerprint density at radius 3 is 2.54 bits per heavy atom. The Kier molecular flexibility index (Phi) is 5.11. The van der Waals surface area contributed by atoms with E-state index in [1.165, 1.54) is 11.3 Å². The van der Waals surface area contributed by atoms with Crippen LogP contribution in [-0.2, 0) is 10.0 Å². The van der Waals surface area contributed by atoms with E-state index >= 15 is 0 Å². The lowest BCUT2D eigenvalue weighted by atomic mass is 10.1. The first-order valence-corrected chi connectivity index (χ1v) is 10.4. The third-order valence-electron chi connectivity index (χ3n) is 3.61. The number of thiophene rings is 1. The summed E-state index contributed by atoms with van der Waals surface area (Å²) in [7, 11) is -1.78. The first kappa shape index (κ1) is 18.2. The van der Waals surface area contributed by atoms with Gasteiger partial charge in [-0.3, -0.25) is 9.52 Å². The summed E-state index contributed by atoms with van der Waals surface area (Å²) in [4.78, 5) is 14.2. The van der Waals surface area contributed by atoms with E-state index in [0.29, 0.717) is 21.9 Å². The molecule has 134 valence electrons. The molecule has 0 aliphatic heterocycles. The number of carbonyl (C=O) groups is 1. The maximum atomic E-state index is 12.7. The van der Waals surface area contributed by atoms with Crippen LogP contribution >= 0.6 is 11.3 Å². The van der Waals surface area contributed by atoms with Crippen LogP contribution in [0.15, 0.2) is 60.7 Å². The van der Waals surface area contributed by atoms with Gasteiger partial charge in [0.2, 0.25) is 15.8 Å². The van der Waals surface area contributed by atoms with Gasteiger partial charge in [0.25, 0.3) is 0 Å². The molecule has 0 saturated heterocycles. The Morgan fingerprint density at radius 2 is 1.81 bits per heavy atom. The van der Waals surface area contributed by atoms with Crippen molar-refractivity contribution < 1.29 is 17.9 Å². The Morgan fingerprint density at radius 1 is 1.04 bits per heavy atom. The minimum atomic E-state index is -3.34. The molecule has 1 heterocycles. The minimum Gasteiger partial charge on any atom is -0.497 e. The molecule has 0 unspecified atom stereocenters. The highest BCUT2D eigenvalue weighted by Crippen LogP contribution is 2.31. The van der Waals surface area contributed by atoms with Gasteiger partial charge in [-0.1, -0.05) is 24.3 Å². The van der Waals surface area contributed by atoms with Crippen LogP contribution in [0, 0.1) is 0 Å². The molecule has 26 heavy (non-hydrogen) atoms. The van der Waals surface area contributed by atoms with Crippen molar-refractivity contribution in [1.82, 2.24) is 0 Å².